The molecule has 6 nitrogen and oxygen atoms in total. The molecule has 0 aromatic heterocycles. The number of rotatable bonds is 4. The molecule has 4 N–H and O–H groups in total. The van der Waals surface area contributed by atoms with Crippen LogP contribution in [0.3, 0.4) is 0 Å². The molecule has 24 heavy (non-hydrogen) atoms. The van der Waals surface area contributed by atoms with Crippen molar-refractivity contribution >= 4 is 11.6 Å². The fourth-order valence-corrected chi connectivity index (χ4v) is 2.43. The summed E-state index contributed by atoms with van der Waals surface area (Å²) in [5, 5.41) is 12.2. The first-order chi connectivity index (χ1) is 11.7. The lowest BCUT2D eigenvalue weighted by Gasteiger charge is -2.11. The highest BCUT2D eigenvalue weighted by molar-refractivity contribution is 5.92. The number of ether oxygens (including phenoxy) is 2. The lowest BCUT2D eigenvalue weighted by molar-refractivity contribution is 0.281. The van der Waals surface area contributed by atoms with Crippen LogP contribution in [0.15, 0.2) is 47.5 Å². The van der Waals surface area contributed by atoms with Crippen LogP contribution in [-0.4, -0.2) is 24.3 Å². The number of nitrogens with two attached hydrogens (primary N) is 1. The molecular weight excluding hydrogens is 306 g/mol. The van der Waals surface area contributed by atoms with Crippen LogP contribution >= 0.6 is 0 Å². The lowest BCUT2D eigenvalue weighted by atomic mass is 10.1. The molecule has 2 aromatic rings. The summed E-state index contributed by atoms with van der Waals surface area (Å²) in [5.74, 6) is 1.77. The molecule has 0 radical (unpaired) electrons. The van der Waals surface area contributed by atoms with E-state index < -0.39 is 0 Å². The van der Waals surface area contributed by atoms with Crippen molar-refractivity contribution < 1.29 is 14.6 Å². The Balaban J connectivity index is 1.65. The Hall–Kier alpha value is -2.73. The van der Waals surface area contributed by atoms with Crippen LogP contribution < -0.4 is 20.5 Å². The van der Waals surface area contributed by atoms with E-state index in [-0.39, 0.29) is 6.61 Å². The van der Waals surface area contributed by atoms with Gasteiger partial charge in [0.2, 0.25) is 0 Å². The van der Waals surface area contributed by atoms with Crippen LogP contribution in [0, 0.1) is 0 Å². The maximum Gasteiger partial charge on any atom is 0.193 e. The number of aliphatic imine (C=N–C) groups is 1. The van der Waals surface area contributed by atoms with Crippen LogP contribution in [0.4, 0.5) is 5.69 Å². The molecule has 6 heteroatoms. The maximum atomic E-state index is 9.16. The lowest BCUT2D eigenvalue weighted by Crippen LogP contribution is -2.22. The van der Waals surface area contributed by atoms with Crippen molar-refractivity contribution in [2.45, 2.75) is 19.6 Å². The third-order valence-corrected chi connectivity index (χ3v) is 3.63. The van der Waals surface area contributed by atoms with Gasteiger partial charge in [0.15, 0.2) is 17.5 Å². The molecule has 0 saturated heterocycles. The highest BCUT2D eigenvalue weighted by Crippen LogP contribution is 2.32. The van der Waals surface area contributed by atoms with Crippen molar-refractivity contribution in [2.75, 3.05) is 18.5 Å². The first-order valence-electron chi connectivity index (χ1n) is 7.90. The van der Waals surface area contributed by atoms with Gasteiger partial charge in [0.25, 0.3) is 0 Å². The average molecular weight is 327 g/mol. The molecule has 0 unspecified atom stereocenters. The van der Waals surface area contributed by atoms with Gasteiger partial charge in [0, 0.05) is 18.2 Å². The predicted octanol–water partition coefficient (Wildman–Crippen LogP) is 2.27. The zero-order chi connectivity index (χ0) is 16.8. The minimum Gasteiger partial charge on any atom is -0.490 e. The van der Waals surface area contributed by atoms with E-state index in [0.717, 1.165) is 29.0 Å². The number of guanidine groups is 1. The monoisotopic (exact) mass is 327 g/mol. The number of benzene rings is 2. The molecule has 1 aliphatic rings. The first kappa shape index (κ1) is 16.1. The Morgan fingerprint density at radius 1 is 1.08 bits per heavy atom. The summed E-state index contributed by atoms with van der Waals surface area (Å²) in [6, 6.07) is 13.2. The number of nitrogens with zero attached hydrogens (tertiary/aromatic N) is 1. The normalized spacial score (nSPS) is 14.1. The van der Waals surface area contributed by atoms with Crippen LogP contribution in [0.25, 0.3) is 0 Å². The Morgan fingerprint density at radius 2 is 1.88 bits per heavy atom. The van der Waals surface area contributed by atoms with Crippen molar-refractivity contribution in [1.82, 2.24) is 0 Å². The SMILES string of the molecule is NC(=NCc1cccc(CO)c1)Nc1ccc2c(c1)OCCCO2. The standard InChI is InChI=1S/C18H21N3O3/c19-18(20-11-13-3-1-4-14(9-13)12-22)21-15-5-6-16-17(10-15)24-8-2-7-23-16/h1,3-6,9-10,22H,2,7-8,11-12H2,(H3,19,20,21). The van der Waals surface area contributed by atoms with Crippen LogP contribution in [0.1, 0.15) is 17.5 Å². The molecule has 0 spiro atoms. The molecule has 0 saturated carbocycles. The van der Waals surface area contributed by atoms with E-state index in [2.05, 4.69) is 10.3 Å². The van der Waals surface area contributed by atoms with Gasteiger partial charge < -0.3 is 25.6 Å². The summed E-state index contributed by atoms with van der Waals surface area (Å²) in [5.41, 5.74) is 8.59. The minimum atomic E-state index is 0.0164. The van der Waals surface area contributed by atoms with Gasteiger partial charge in [-0.25, -0.2) is 4.99 Å². The van der Waals surface area contributed by atoms with Gasteiger partial charge in [-0.15, -0.1) is 0 Å². The predicted molar refractivity (Wildman–Crippen MR) is 93.4 cm³/mol. The summed E-state index contributed by atoms with van der Waals surface area (Å²) in [6.07, 6.45) is 0.869. The molecule has 3 rings (SSSR count). The molecule has 1 heterocycles. The largest absolute Gasteiger partial charge is 0.490 e. The van der Waals surface area contributed by atoms with E-state index in [1.807, 2.05) is 42.5 Å². The number of aliphatic hydroxyl groups is 1. The number of hydrogen-bond acceptors (Lipinski definition) is 4. The Morgan fingerprint density at radius 3 is 2.71 bits per heavy atom. The van der Waals surface area contributed by atoms with Gasteiger partial charge in [-0.3, -0.25) is 0 Å². The van der Waals surface area contributed by atoms with Crippen molar-refractivity contribution in [2.24, 2.45) is 10.7 Å². The van der Waals surface area contributed by atoms with Gasteiger partial charge in [0.05, 0.1) is 26.4 Å². The smallest absolute Gasteiger partial charge is 0.193 e. The molecule has 0 atom stereocenters. The van der Waals surface area contributed by atoms with Gasteiger partial charge in [-0.05, 0) is 23.3 Å². The number of aliphatic hydroxyl groups excluding tert-OH is 1. The summed E-state index contributed by atoms with van der Waals surface area (Å²) in [7, 11) is 0. The van der Waals surface area contributed by atoms with Crippen LogP contribution in [-0.2, 0) is 13.2 Å². The zero-order valence-corrected chi connectivity index (χ0v) is 13.4. The van der Waals surface area contributed by atoms with E-state index in [1.165, 1.54) is 0 Å². The second-order valence-corrected chi connectivity index (χ2v) is 5.52. The van der Waals surface area contributed by atoms with E-state index in [0.29, 0.717) is 31.5 Å². The number of anilines is 1. The molecule has 0 amide bonds. The quantitative estimate of drug-likeness (QED) is 0.592. The highest BCUT2D eigenvalue weighted by Gasteiger charge is 2.10. The molecule has 126 valence electrons. The highest BCUT2D eigenvalue weighted by atomic mass is 16.5. The second kappa shape index (κ2) is 7.70. The fourth-order valence-electron chi connectivity index (χ4n) is 2.43. The molecule has 2 aromatic carbocycles. The van der Waals surface area contributed by atoms with Crippen molar-refractivity contribution in [3.8, 4) is 11.5 Å². The van der Waals surface area contributed by atoms with Crippen molar-refractivity contribution in [1.29, 1.82) is 0 Å². The summed E-state index contributed by atoms with van der Waals surface area (Å²) < 4.78 is 11.3. The van der Waals surface area contributed by atoms with E-state index in [4.69, 9.17) is 20.3 Å². The van der Waals surface area contributed by atoms with Gasteiger partial charge in [0.1, 0.15) is 0 Å². The van der Waals surface area contributed by atoms with Crippen LogP contribution in [0.2, 0.25) is 0 Å². The summed E-state index contributed by atoms with van der Waals surface area (Å²) in [6.45, 7) is 1.76. The average Bonchev–Trinajstić information content (AvgIpc) is 2.85. The Kier molecular flexibility index (Phi) is 5.18. The van der Waals surface area contributed by atoms with Crippen molar-refractivity contribution in [3.05, 3.63) is 53.6 Å². The van der Waals surface area contributed by atoms with Gasteiger partial charge in [-0.1, -0.05) is 24.3 Å². The maximum absolute atomic E-state index is 9.16. The second-order valence-electron chi connectivity index (χ2n) is 5.52. The molecule has 1 aliphatic heterocycles. The number of nitrogens with one attached hydrogen (secondary N) is 1. The Bertz CT molecular complexity index is 731. The molecule has 0 aliphatic carbocycles. The summed E-state index contributed by atoms with van der Waals surface area (Å²) >= 11 is 0. The van der Waals surface area contributed by atoms with E-state index >= 15 is 0 Å². The van der Waals surface area contributed by atoms with Crippen molar-refractivity contribution in [3.63, 3.8) is 0 Å². The number of hydrogen-bond donors (Lipinski definition) is 3. The molecular formula is C18H21N3O3. The number of fused-ring (bicyclic) bond motifs is 1. The Labute approximate surface area is 140 Å². The molecule has 0 bridgehead atoms. The van der Waals surface area contributed by atoms with E-state index in [1.54, 1.807) is 0 Å². The zero-order valence-electron chi connectivity index (χ0n) is 13.4. The van der Waals surface area contributed by atoms with Crippen LogP contribution in [0.5, 0.6) is 11.5 Å². The third-order valence-electron chi connectivity index (χ3n) is 3.63. The molecule has 0 fully saturated rings. The summed E-state index contributed by atoms with van der Waals surface area (Å²) in [4.78, 5) is 4.33. The topological polar surface area (TPSA) is 89.1 Å². The fraction of sp³-hybridized carbons (Fsp3) is 0.278. The first-order valence-corrected chi connectivity index (χ1v) is 7.90. The van der Waals surface area contributed by atoms with Gasteiger partial charge in [-0.2, -0.15) is 0 Å². The minimum absolute atomic E-state index is 0.0164. The third kappa shape index (κ3) is 4.17. The van der Waals surface area contributed by atoms with Gasteiger partial charge >= 0.3 is 0 Å². The van der Waals surface area contributed by atoms with E-state index in [9.17, 15) is 0 Å².